The minimum Gasteiger partial charge on any atom is -0.384 e. The molecule has 0 heterocycles. The lowest BCUT2D eigenvalue weighted by Crippen LogP contribution is -2.28. The number of nitriles is 1. The largest absolute Gasteiger partial charge is 0.384 e. The van der Waals surface area contributed by atoms with Crippen LogP contribution in [-0.2, 0) is 10.0 Å². The van der Waals surface area contributed by atoms with Gasteiger partial charge in [0, 0.05) is 26.3 Å². The van der Waals surface area contributed by atoms with Gasteiger partial charge in [0.25, 0.3) is 0 Å². The van der Waals surface area contributed by atoms with E-state index in [1.807, 2.05) is 0 Å². The number of rotatable bonds is 5. The summed E-state index contributed by atoms with van der Waals surface area (Å²) in [4.78, 5) is 0. The van der Waals surface area contributed by atoms with Gasteiger partial charge in [0.15, 0.2) is 0 Å². The first-order valence-corrected chi connectivity index (χ1v) is 6.81. The molecule has 1 rings (SSSR count). The maximum atomic E-state index is 13.3. The third kappa shape index (κ3) is 3.68. The highest BCUT2D eigenvalue weighted by atomic mass is 32.2. The van der Waals surface area contributed by atoms with Gasteiger partial charge in [-0.2, -0.15) is 5.26 Å². The molecule has 0 amide bonds. The van der Waals surface area contributed by atoms with Gasteiger partial charge in [0.05, 0.1) is 11.3 Å². The first-order chi connectivity index (χ1) is 8.36. The molecule has 1 aromatic rings. The fraction of sp³-hybridized carbons (Fsp3) is 0.364. The molecular formula is C11H14FN3O2S. The summed E-state index contributed by atoms with van der Waals surface area (Å²) in [7, 11) is -0.356. The molecule has 18 heavy (non-hydrogen) atoms. The third-order valence-electron chi connectivity index (χ3n) is 2.34. The number of sulfonamides is 1. The average molecular weight is 271 g/mol. The van der Waals surface area contributed by atoms with Gasteiger partial charge in [-0.1, -0.05) is 0 Å². The summed E-state index contributed by atoms with van der Waals surface area (Å²) in [6.45, 7) is 0.172. The molecule has 0 aliphatic heterocycles. The smallest absolute Gasteiger partial charge is 0.215 e. The summed E-state index contributed by atoms with van der Waals surface area (Å²) in [5, 5.41) is 11.4. The molecule has 0 unspecified atom stereocenters. The summed E-state index contributed by atoms with van der Waals surface area (Å²) in [6, 6.07) is 5.76. The van der Waals surface area contributed by atoms with Gasteiger partial charge in [-0.3, -0.25) is 0 Å². The second-order valence-electron chi connectivity index (χ2n) is 3.83. The molecule has 5 nitrogen and oxygen atoms in total. The second-order valence-corrected chi connectivity index (χ2v) is 6.13. The molecule has 0 bridgehead atoms. The number of nitrogens with zero attached hydrogens (tertiary/aromatic N) is 2. The van der Waals surface area contributed by atoms with E-state index in [9.17, 15) is 12.8 Å². The zero-order chi connectivity index (χ0) is 13.8. The molecule has 0 atom stereocenters. The Kier molecular flexibility index (Phi) is 4.64. The fourth-order valence-corrected chi connectivity index (χ4v) is 1.95. The van der Waals surface area contributed by atoms with Gasteiger partial charge in [0.2, 0.25) is 10.0 Å². The number of halogens is 1. The molecule has 0 saturated heterocycles. The van der Waals surface area contributed by atoms with Gasteiger partial charge < -0.3 is 5.32 Å². The lowest BCUT2D eigenvalue weighted by atomic mass is 10.2. The van der Waals surface area contributed by atoms with Crippen LogP contribution in [-0.4, -0.2) is 39.1 Å². The summed E-state index contributed by atoms with van der Waals surface area (Å²) < 4.78 is 37.3. The van der Waals surface area contributed by atoms with E-state index in [4.69, 9.17) is 5.26 Å². The van der Waals surface area contributed by atoms with E-state index in [1.165, 1.54) is 32.3 Å². The van der Waals surface area contributed by atoms with Crippen LogP contribution in [0.25, 0.3) is 0 Å². The number of nitrogens with one attached hydrogen (secondary N) is 1. The van der Waals surface area contributed by atoms with Crippen LogP contribution in [0.1, 0.15) is 5.56 Å². The predicted molar refractivity (Wildman–Crippen MR) is 67.1 cm³/mol. The van der Waals surface area contributed by atoms with Crippen LogP contribution in [0.4, 0.5) is 10.1 Å². The SMILES string of the molecule is CN(C)S(=O)(=O)CCNc1ccc(C#N)c(F)c1. The van der Waals surface area contributed by atoms with Gasteiger partial charge in [-0.05, 0) is 18.2 Å². The standard InChI is InChI=1S/C11H14FN3O2S/c1-15(2)18(16,17)6-5-14-10-4-3-9(8-13)11(12)7-10/h3-4,7,14H,5-6H2,1-2H3. The van der Waals surface area contributed by atoms with E-state index < -0.39 is 15.8 Å². The topological polar surface area (TPSA) is 73.2 Å². The Morgan fingerprint density at radius 1 is 1.44 bits per heavy atom. The Morgan fingerprint density at radius 2 is 2.11 bits per heavy atom. The Hall–Kier alpha value is -1.65. The predicted octanol–water partition coefficient (Wildman–Crippen LogP) is 1.00. The first-order valence-electron chi connectivity index (χ1n) is 5.20. The third-order valence-corrected chi connectivity index (χ3v) is 4.17. The van der Waals surface area contributed by atoms with Crippen molar-refractivity contribution in [3.8, 4) is 6.07 Å². The van der Waals surface area contributed by atoms with Gasteiger partial charge >= 0.3 is 0 Å². The van der Waals surface area contributed by atoms with E-state index in [1.54, 1.807) is 6.07 Å². The van der Waals surface area contributed by atoms with Crippen LogP contribution in [0.3, 0.4) is 0 Å². The molecule has 0 saturated carbocycles. The maximum Gasteiger partial charge on any atom is 0.215 e. The van der Waals surface area contributed by atoms with Crippen molar-refractivity contribution < 1.29 is 12.8 Å². The molecule has 7 heteroatoms. The minimum atomic E-state index is -3.27. The Labute approximate surface area is 106 Å². The molecule has 1 aromatic carbocycles. The highest BCUT2D eigenvalue weighted by molar-refractivity contribution is 7.89. The number of anilines is 1. The average Bonchev–Trinajstić information content (AvgIpc) is 2.29. The summed E-state index contributed by atoms with van der Waals surface area (Å²) in [5.74, 6) is -0.709. The lowest BCUT2D eigenvalue weighted by molar-refractivity contribution is 0.521. The molecule has 0 aromatic heterocycles. The van der Waals surface area contributed by atoms with E-state index in [2.05, 4.69) is 5.32 Å². The Morgan fingerprint density at radius 3 is 2.61 bits per heavy atom. The van der Waals surface area contributed by atoms with Crippen molar-refractivity contribution in [2.45, 2.75) is 0 Å². The molecule has 0 spiro atoms. The van der Waals surface area contributed by atoms with Crippen molar-refractivity contribution >= 4 is 15.7 Å². The van der Waals surface area contributed by atoms with E-state index in [0.29, 0.717) is 5.69 Å². The summed E-state index contributed by atoms with van der Waals surface area (Å²) >= 11 is 0. The molecular weight excluding hydrogens is 257 g/mol. The molecule has 0 radical (unpaired) electrons. The van der Waals surface area contributed by atoms with E-state index in [0.717, 1.165) is 4.31 Å². The molecule has 98 valence electrons. The van der Waals surface area contributed by atoms with Gasteiger partial charge in [0.1, 0.15) is 11.9 Å². The second kappa shape index (κ2) is 5.80. The van der Waals surface area contributed by atoms with Crippen molar-refractivity contribution in [3.05, 3.63) is 29.6 Å². The van der Waals surface area contributed by atoms with E-state index in [-0.39, 0.29) is 17.9 Å². The van der Waals surface area contributed by atoms with Crippen LogP contribution in [0.2, 0.25) is 0 Å². The Balaban J connectivity index is 2.61. The quantitative estimate of drug-likeness (QED) is 0.867. The molecule has 0 aliphatic rings. The zero-order valence-corrected chi connectivity index (χ0v) is 11.0. The molecule has 0 fully saturated rings. The monoisotopic (exact) mass is 271 g/mol. The highest BCUT2D eigenvalue weighted by Crippen LogP contribution is 2.13. The van der Waals surface area contributed by atoms with Gasteiger partial charge in [-0.15, -0.1) is 0 Å². The minimum absolute atomic E-state index is 0.0403. The first kappa shape index (κ1) is 14.4. The highest BCUT2D eigenvalue weighted by Gasteiger charge is 2.12. The normalized spacial score (nSPS) is 11.3. The van der Waals surface area contributed by atoms with Gasteiger partial charge in [-0.25, -0.2) is 17.1 Å². The number of benzene rings is 1. The van der Waals surface area contributed by atoms with Crippen LogP contribution < -0.4 is 5.32 Å². The zero-order valence-electron chi connectivity index (χ0n) is 10.1. The van der Waals surface area contributed by atoms with Crippen molar-refractivity contribution in [1.29, 1.82) is 5.26 Å². The van der Waals surface area contributed by atoms with Crippen LogP contribution in [0.15, 0.2) is 18.2 Å². The molecule has 0 aliphatic carbocycles. The van der Waals surface area contributed by atoms with Crippen molar-refractivity contribution in [2.24, 2.45) is 0 Å². The Bertz CT molecular complexity index is 564. The summed E-state index contributed by atoms with van der Waals surface area (Å²) in [5.41, 5.74) is 0.405. The fourth-order valence-electron chi connectivity index (χ4n) is 1.22. The van der Waals surface area contributed by atoms with Crippen molar-refractivity contribution in [1.82, 2.24) is 4.31 Å². The number of hydrogen-bond acceptors (Lipinski definition) is 4. The van der Waals surface area contributed by atoms with Crippen LogP contribution in [0.5, 0.6) is 0 Å². The van der Waals surface area contributed by atoms with Crippen LogP contribution >= 0.6 is 0 Å². The van der Waals surface area contributed by atoms with Crippen LogP contribution in [0, 0.1) is 17.1 Å². The summed E-state index contributed by atoms with van der Waals surface area (Å²) in [6.07, 6.45) is 0. The maximum absolute atomic E-state index is 13.3. The molecule has 1 N–H and O–H groups in total. The number of hydrogen-bond donors (Lipinski definition) is 1. The van der Waals surface area contributed by atoms with Crippen molar-refractivity contribution in [3.63, 3.8) is 0 Å². The lowest BCUT2D eigenvalue weighted by Gasteiger charge is -2.12. The van der Waals surface area contributed by atoms with E-state index >= 15 is 0 Å². The van der Waals surface area contributed by atoms with Crippen molar-refractivity contribution in [2.75, 3.05) is 31.7 Å².